The lowest BCUT2D eigenvalue weighted by Crippen LogP contribution is -2.47. The van der Waals surface area contributed by atoms with Crippen LogP contribution in [-0.2, 0) is 4.79 Å². The molecule has 0 saturated carbocycles. The SMILES string of the molecule is CC[C@H](C)[C@H](NC(=O)c1cccs1)C(=O)Nc1nccs1. The highest BCUT2D eigenvalue weighted by Gasteiger charge is 2.27. The van der Waals surface area contributed by atoms with Gasteiger partial charge in [0.2, 0.25) is 5.91 Å². The van der Waals surface area contributed by atoms with Gasteiger partial charge in [-0.15, -0.1) is 22.7 Å². The van der Waals surface area contributed by atoms with Crippen LogP contribution in [0.5, 0.6) is 0 Å². The van der Waals surface area contributed by atoms with E-state index in [0.29, 0.717) is 10.0 Å². The summed E-state index contributed by atoms with van der Waals surface area (Å²) in [6.45, 7) is 3.94. The highest BCUT2D eigenvalue weighted by molar-refractivity contribution is 7.13. The molecule has 0 unspecified atom stereocenters. The lowest BCUT2D eigenvalue weighted by atomic mass is 9.98. The molecule has 0 bridgehead atoms. The molecule has 0 aliphatic rings. The van der Waals surface area contributed by atoms with Crippen molar-refractivity contribution in [3.05, 3.63) is 34.0 Å². The zero-order valence-electron chi connectivity index (χ0n) is 11.8. The normalized spacial score (nSPS) is 13.4. The maximum Gasteiger partial charge on any atom is 0.262 e. The second kappa shape index (κ2) is 7.33. The maximum atomic E-state index is 12.4. The number of rotatable bonds is 6. The van der Waals surface area contributed by atoms with Crippen molar-refractivity contribution in [1.29, 1.82) is 0 Å². The molecule has 2 aromatic rings. The third-order valence-electron chi connectivity index (χ3n) is 3.19. The largest absolute Gasteiger partial charge is 0.339 e. The predicted octanol–water partition coefficient (Wildman–Crippen LogP) is 2.99. The number of thiazole rings is 1. The van der Waals surface area contributed by atoms with Gasteiger partial charge >= 0.3 is 0 Å². The Labute approximate surface area is 131 Å². The molecule has 21 heavy (non-hydrogen) atoms. The topological polar surface area (TPSA) is 71.1 Å². The Morgan fingerprint density at radius 3 is 2.71 bits per heavy atom. The first-order valence-corrected chi connectivity index (χ1v) is 8.42. The van der Waals surface area contributed by atoms with Crippen LogP contribution in [0.3, 0.4) is 0 Å². The summed E-state index contributed by atoms with van der Waals surface area (Å²) in [4.78, 5) is 29.1. The molecule has 7 heteroatoms. The van der Waals surface area contributed by atoms with Crippen molar-refractivity contribution < 1.29 is 9.59 Å². The van der Waals surface area contributed by atoms with Gasteiger partial charge in [0.25, 0.3) is 5.91 Å². The molecule has 2 heterocycles. The minimum atomic E-state index is -0.575. The first kappa shape index (κ1) is 15.7. The molecule has 112 valence electrons. The Balaban J connectivity index is 2.07. The van der Waals surface area contributed by atoms with Crippen LogP contribution >= 0.6 is 22.7 Å². The molecular weight excluding hydrogens is 306 g/mol. The van der Waals surface area contributed by atoms with E-state index in [9.17, 15) is 9.59 Å². The van der Waals surface area contributed by atoms with Crippen molar-refractivity contribution in [3.8, 4) is 0 Å². The summed E-state index contributed by atoms with van der Waals surface area (Å²) in [7, 11) is 0. The Hall–Kier alpha value is -1.73. The number of aromatic nitrogens is 1. The number of carbonyl (C=O) groups excluding carboxylic acids is 2. The Morgan fingerprint density at radius 2 is 2.14 bits per heavy atom. The molecule has 2 amide bonds. The number of anilines is 1. The molecular formula is C14H17N3O2S2. The van der Waals surface area contributed by atoms with Gasteiger partial charge in [0.05, 0.1) is 4.88 Å². The fourth-order valence-corrected chi connectivity index (χ4v) is 2.95. The lowest BCUT2D eigenvalue weighted by Gasteiger charge is -2.22. The summed E-state index contributed by atoms with van der Waals surface area (Å²) in [6.07, 6.45) is 2.42. The van der Waals surface area contributed by atoms with E-state index in [2.05, 4.69) is 15.6 Å². The average Bonchev–Trinajstić information content (AvgIpc) is 3.16. The maximum absolute atomic E-state index is 12.4. The van der Waals surface area contributed by atoms with Crippen LogP contribution < -0.4 is 10.6 Å². The standard InChI is InChI=1S/C14H17N3O2S2/c1-3-9(2)11(13(19)17-14-15-6-8-21-14)16-12(18)10-5-4-7-20-10/h4-9,11H,3H2,1-2H3,(H,16,18)(H,15,17,19)/t9-,11-/m0/s1. The van der Waals surface area contributed by atoms with Crippen LogP contribution in [0.2, 0.25) is 0 Å². The van der Waals surface area contributed by atoms with Gasteiger partial charge in [-0.05, 0) is 17.4 Å². The molecule has 0 saturated heterocycles. The molecule has 0 aliphatic heterocycles. The smallest absolute Gasteiger partial charge is 0.262 e. The van der Waals surface area contributed by atoms with Crippen LogP contribution in [0.25, 0.3) is 0 Å². The molecule has 2 N–H and O–H groups in total. The van der Waals surface area contributed by atoms with Crippen LogP contribution in [-0.4, -0.2) is 22.8 Å². The second-order valence-corrected chi connectivity index (χ2v) is 6.48. The number of amides is 2. The summed E-state index contributed by atoms with van der Waals surface area (Å²) < 4.78 is 0. The summed E-state index contributed by atoms with van der Waals surface area (Å²) in [5.41, 5.74) is 0. The quantitative estimate of drug-likeness (QED) is 0.858. The van der Waals surface area contributed by atoms with E-state index in [1.54, 1.807) is 17.6 Å². The van der Waals surface area contributed by atoms with Gasteiger partial charge in [-0.1, -0.05) is 26.3 Å². The number of hydrogen-bond acceptors (Lipinski definition) is 5. The Kier molecular flexibility index (Phi) is 5.46. The molecule has 0 aliphatic carbocycles. The fourth-order valence-electron chi connectivity index (χ4n) is 1.79. The minimum Gasteiger partial charge on any atom is -0.339 e. The van der Waals surface area contributed by atoms with Gasteiger partial charge in [-0.3, -0.25) is 9.59 Å². The van der Waals surface area contributed by atoms with Crippen molar-refractivity contribution in [2.45, 2.75) is 26.3 Å². The summed E-state index contributed by atoms with van der Waals surface area (Å²) in [5.74, 6) is -0.414. The van der Waals surface area contributed by atoms with Crippen LogP contribution in [0.1, 0.15) is 29.9 Å². The molecule has 0 radical (unpaired) electrons. The van der Waals surface area contributed by atoms with Gasteiger partial charge < -0.3 is 10.6 Å². The number of nitrogens with one attached hydrogen (secondary N) is 2. The van der Waals surface area contributed by atoms with Crippen LogP contribution in [0.4, 0.5) is 5.13 Å². The van der Waals surface area contributed by atoms with E-state index in [0.717, 1.165) is 6.42 Å². The van der Waals surface area contributed by atoms with Gasteiger partial charge in [-0.2, -0.15) is 0 Å². The van der Waals surface area contributed by atoms with E-state index < -0.39 is 6.04 Å². The molecule has 2 atom stereocenters. The zero-order chi connectivity index (χ0) is 15.2. The highest BCUT2D eigenvalue weighted by Crippen LogP contribution is 2.16. The number of thiophene rings is 1. The summed E-state index contributed by atoms with van der Waals surface area (Å²) >= 11 is 2.71. The summed E-state index contributed by atoms with van der Waals surface area (Å²) in [6, 6.07) is 2.98. The average molecular weight is 323 g/mol. The van der Waals surface area contributed by atoms with Crippen molar-refractivity contribution in [2.75, 3.05) is 5.32 Å². The van der Waals surface area contributed by atoms with E-state index >= 15 is 0 Å². The monoisotopic (exact) mass is 323 g/mol. The van der Waals surface area contributed by atoms with Gasteiger partial charge in [-0.25, -0.2) is 4.98 Å². The number of hydrogen-bond donors (Lipinski definition) is 2. The van der Waals surface area contributed by atoms with Crippen molar-refractivity contribution in [2.24, 2.45) is 5.92 Å². The predicted molar refractivity (Wildman–Crippen MR) is 85.8 cm³/mol. The molecule has 0 aromatic carbocycles. The highest BCUT2D eigenvalue weighted by atomic mass is 32.1. The van der Waals surface area contributed by atoms with Gasteiger partial charge in [0.15, 0.2) is 5.13 Å². The molecule has 2 rings (SSSR count). The Morgan fingerprint density at radius 1 is 1.33 bits per heavy atom. The zero-order valence-corrected chi connectivity index (χ0v) is 13.5. The van der Waals surface area contributed by atoms with Gasteiger partial charge in [0, 0.05) is 11.6 Å². The number of nitrogens with zero attached hydrogens (tertiary/aromatic N) is 1. The lowest BCUT2D eigenvalue weighted by molar-refractivity contribution is -0.119. The van der Waals surface area contributed by atoms with Crippen molar-refractivity contribution in [1.82, 2.24) is 10.3 Å². The Bertz CT molecular complexity index is 581. The third-order valence-corrected chi connectivity index (χ3v) is 4.75. The molecule has 0 fully saturated rings. The van der Waals surface area contributed by atoms with E-state index in [1.807, 2.05) is 25.3 Å². The first-order valence-electron chi connectivity index (χ1n) is 6.66. The van der Waals surface area contributed by atoms with Crippen molar-refractivity contribution in [3.63, 3.8) is 0 Å². The molecule has 5 nitrogen and oxygen atoms in total. The van der Waals surface area contributed by atoms with Crippen LogP contribution in [0.15, 0.2) is 29.1 Å². The summed E-state index contributed by atoms with van der Waals surface area (Å²) in [5, 5.41) is 9.73. The third kappa shape index (κ3) is 4.12. The van der Waals surface area contributed by atoms with E-state index in [4.69, 9.17) is 0 Å². The van der Waals surface area contributed by atoms with E-state index in [1.165, 1.54) is 22.7 Å². The molecule has 0 spiro atoms. The molecule has 2 aromatic heterocycles. The second-order valence-electron chi connectivity index (χ2n) is 4.64. The van der Waals surface area contributed by atoms with Crippen molar-refractivity contribution >= 4 is 39.6 Å². The van der Waals surface area contributed by atoms with E-state index in [-0.39, 0.29) is 17.7 Å². The first-order chi connectivity index (χ1) is 10.1. The van der Waals surface area contributed by atoms with Gasteiger partial charge in [0.1, 0.15) is 6.04 Å². The minimum absolute atomic E-state index is 0.0360. The number of carbonyl (C=O) groups is 2. The fraction of sp³-hybridized carbons (Fsp3) is 0.357. The van der Waals surface area contributed by atoms with Crippen LogP contribution in [0, 0.1) is 5.92 Å².